The van der Waals surface area contributed by atoms with E-state index in [0.717, 1.165) is 5.56 Å². The van der Waals surface area contributed by atoms with Crippen LogP contribution in [0, 0.1) is 6.92 Å². The number of esters is 1. The number of rotatable bonds is 1. The molecule has 1 aliphatic rings. The Hall–Kier alpha value is -1.64. The average molecular weight is 189 g/mol. The van der Waals surface area contributed by atoms with Gasteiger partial charge >= 0.3 is 5.97 Å². The van der Waals surface area contributed by atoms with Crippen molar-refractivity contribution in [2.24, 2.45) is 4.99 Å². The Labute approximate surface area is 82.4 Å². The Bertz CT molecular complexity index is 392. The third-order valence-electron chi connectivity index (χ3n) is 2.18. The van der Waals surface area contributed by atoms with Crippen molar-refractivity contribution in [3.8, 4) is 0 Å². The fourth-order valence-corrected chi connectivity index (χ4v) is 1.42. The number of carbonyl (C=O) groups is 1. The van der Waals surface area contributed by atoms with E-state index in [1.54, 1.807) is 6.92 Å². The first-order chi connectivity index (χ1) is 6.66. The molecule has 0 aromatic heterocycles. The monoisotopic (exact) mass is 189 g/mol. The zero-order valence-corrected chi connectivity index (χ0v) is 8.15. The van der Waals surface area contributed by atoms with Gasteiger partial charge in [0, 0.05) is 6.92 Å². The number of aliphatic imine (C=N–C) groups is 1. The summed E-state index contributed by atoms with van der Waals surface area (Å²) in [5, 5.41) is 0. The summed E-state index contributed by atoms with van der Waals surface area (Å²) in [6.45, 7) is 3.69. The fraction of sp³-hybridized carbons (Fsp3) is 0.273. The Kier molecular flexibility index (Phi) is 2.08. The molecule has 1 aromatic carbocycles. The van der Waals surface area contributed by atoms with E-state index < -0.39 is 6.04 Å². The Morgan fingerprint density at radius 3 is 2.36 bits per heavy atom. The van der Waals surface area contributed by atoms with Crippen LogP contribution in [0.1, 0.15) is 24.1 Å². The number of carbonyl (C=O) groups excluding carboxylic acids is 1. The minimum Gasteiger partial charge on any atom is -0.410 e. The third-order valence-corrected chi connectivity index (χ3v) is 2.18. The van der Waals surface area contributed by atoms with Crippen LogP contribution >= 0.6 is 0 Å². The van der Waals surface area contributed by atoms with Crippen molar-refractivity contribution in [3.63, 3.8) is 0 Å². The normalized spacial score (nSPS) is 20.6. The SMILES string of the molecule is CC1=NC(c2ccc(C)cc2)C(=O)O1. The van der Waals surface area contributed by atoms with Gasteiger partial charge in [0.25, 0.3) is 0 Å². The molecule has 0 fully saturated rings. The highest BCUT2D eigenvalue weighted by Crippen LogP contribution is 2.24. The van der Waals surface area contributed by atoms with Gasteiger partial charge in [0.2, 0.25) is 0 Å². The maximum atomic E-state index is 11.3. The molecule has 0 aliphatic carbocycles. The highest BCUT2D eigenvalue weighted by molar-refractivity contribution is 5.96. The number of ether oxygens (including phenoxy) is 1. The second-order valence-corrected chi connectivity index (χ2v) is 3.38. The second-order valence-electron chi connectivity index (χ2n) is 3.38. The van der Waals surface area contributed by atoms with Crippen LogP contribution in [0.3, 0.4) is 0 Å². The molecule has 1 aliphatic heterocycles. The van der Waals surface area contributed by atoms with Crippen LogP contribution in [0.15, 0.2) is 29.3 Å². The predicted octanol–water partition coefficient (Wildman–Crippen LogP) is 2.01. The molecule has 2 rings (SSSR count). The number of hydrogen-bond donors (Lipinski definition) is 0. The van der Waals surface area contributed by atoms with Crippen molar-refractivity contribution in [2.75, 3.05) is 0 Å². The molecule has 3 heteroatoms. The second kappa shape index (κ2) is 3.25. The van der Waals surface area contributed by atoms with Gasteiger partial charge in [-0.1, -0.05) is 29.8 Å². The Balaban J connectivity index is 2.32. The summed E-state index contributed by atoms with van der Waals surface area (Å²) < 4.78 is 4.87. The minimum absolute atomic E-state index is 0.286. The van der Waals surface area contributed by atoms with Gasteiger partial charge in [-0.3, -0.25) is 0 Å². The summed E-state index contributed by atoms with van der Waals surface area (Å²) in [7, 11) is 0. The molecule has 0 N–H and O–H groups in total. The van der Waals surface area contributed by atoms with Crippen molar-refractivity contribution in [2.45, 2.75) is 19.9 Å². The molecular weight excluding hydrogens is 178 g/mol. The van der Waals surface area contributed by atoms with Crippen LogP contribution in [-0.4, -0.2) is 11.9 Å². The molecule has 1 aromatic rings. The number of hydrogen-bond acceptors (Lipinski definition) is 3. The maximum Gasteiger partial charge on any atom is 0.342 e. The van der Waals surface area contributed by atoms with Gasteiger partial charge in [0.05, 0.1) is 0 Å². The lowest BCUT2D eigenvalue weighted by molar-refractivity contribution is -0.135. The van der Waals surface area contributed by atoms with Gasteiger partial charge in [-0.2, -0.15) is 0 Å². The van der Waals surface area contributed by atoms with E-state index in [0.29, 0.717) is 5.90 Å². The largest absolute Gasteiger partial charge is 0.410 e. The molecule has 1 heterocycles. The molecule has 0 spiro atoms. The number of cyclic esters (lactones) is 1. The number of aryl methyl sites for hydroxylation is 1. The molecule has 0 saturated heterocycles. The van der Waals surface area contributed by atoms with E-state index in [1.807, 2.05) is 31.2 Å². The zero-order valence-electron chi connectivity index (χ0n) is 8.15. The Morgan fingerprint density at radius 1 is 1.21 bits per heavy atom. The van der Waals surface area contributed by atoms with Gasteiger partial charge in [-0.15, -0.1) is 0 Å². The standard InChI is InChI=1S/C11H11NO2/c1-7-3-5-9(6-4-7)10-11(13)14-8(2)12-10/h3-6,10H,1-2H3. The first-order valence-corrected chi connectivity index (χ1v) is 4.49. The maximum absolute atomic E-state index is 11.3. The van der Waals surface area contributed by atoms with Crippen LogP contribution in [0.2, 0.25) is 0 Å². The highest BCUT2D eigenvalue weighted by atomic mass is 16.6. The Morgan fingerprint density at radius 2 is 1.86 bits per heavy atom. The molecule has 1 atom stereocenters. The average Bonchev–Trinajstić information content (AvgIpc) is 2.47. The quantitative estimate of drug-likeness (QED) is 0.634. The van der Waals surface area contributed by atoms with Gasteiger partial charge in [0.15, 0.2) is 11.9 Å². The van der Waals surface area contributed by atoms with E-state index in [2.05, 4.69) is 4.99 Å². The number of benzene rings is 1. The molecular formula is C11H11NO2. The lowest BCUT2D eigenvalue weighted by Gasteiger charge is -2.03. The first-order valence-electron chi connectivity index (χ1n) is 4.49. The van der Waals surface area contributed by atoms with Gasteiger partial charge < -0.3 is 4.74 Å². The molecule has 0 bridgehead atoms. The lowest BCUT2D eigenvalue weighted by Crippen LogP contribution is -2.07. The van der Waals surface area contributed by atoms with Crippen molar-refractivity contribution >= 4 is 11.9 Å². The van der Waals surface area contributed by atoms with Crippen molar-refractivity contribution in [1.82, 2.24) is 0 Å². The van der Waals surface area contributed by atoms with E-state index in [-0.39, 0.29) is 5.97 Å². The van der Waals surface area contributed by atoms with Crippen LogP contribution in [-0.2, 0) is 9.53 Å². The highest BCUT2D eigenvalue weighted by Gasteiger charge is 2.27. The van der Waals surface area contributed by atoms with Crippen molar-refractivity contribution in [1.29, 1.82) is 0 Å². The zero-order chi connectivity index (χ0) is 10.1. The molecule has 3 nitrogen and oxygen atoms in total. The predicted molar refractivity (Wildman–Crippen MR) is 53.1 cm³/mol. The van der Waals surface area contributed by atoms with Crippen LogP contribution in [0.4, 0.5) is 0 Å². The lowest BCUT2D eigenvalue weighted by atomic mass is 10.1. The van der Waals surface area contributed by atoms with E-state index >= 15 is 0 Å². The van der Waals surface area contributed by atoms with Crippen LogP contribution in [0.25, 0.3) is 0 Å². The third kappa shape index (κ3) is 1.53. The van der Waals surface area contributed by atoms with Crippen molar-refractivity contribution < 1.29 is 9.53 Å². The molecule has 14 heavy (non-hydrogen) atoms. The molecule has 0 saturated carbocycles. The van der Waals surface area contributed by atoms with E-state index in [9.17, 15) is 4.79 Å². The van der Waals surface area contributed by atoms with Gasteiger partial charge in [-0.25, -0.2) is 9.79 Å². The molecule has 72 valence electrons. The van der Waals surface area contributed by atoms with Gasteiger partial charge in [-0.05, 0) is 12.5 Å². The smallest absolute Gasteiger partial charge is 0.342 e. The van der Waals surface area contributed by atoms with E-state index in [4.69, 9.17) is 4.74 Å². The van der Waals surface area contributed by atoms with Crippen LogP contribution < -0.4 is 0 Å². The van der Waals surface area contributed by atoms with Crippen LogP contribution in [0.5, 0.6) is 0 Å². The summed E-state index contributed by atoms with van der Waals surface area (Å²) in [6, 6.07) is 7.28. The summed E-state index contributed by atoms with van der Waals surface area (Å²) in [5.41, 5.74) is 2.05. The van der Waals surface area contributed by atoms with E-state index in [1.165, 1.54) is 5.56 Å². The summed E-state index contributed by atoms with van der Waals surface area (Å²) in [5.74, 6) is 0.159. The first kappa shape index (κ1) is 8.94. The van der Waals surface area contributed by atoms with Gasteiger partial charge in [0.1, 0.15) is 0 Å². The molecule has 1 unspecified atom stereocenters. The summed E-state index contributed by atoms with van der Waals surface area (Å²) in [6.07, 6.45) is 0. The van der Waals surface area contributed by atoms with Crippen molar-refractivity contribution in [3.05, 3.63) is 35.4 Å². The topological polar surface area (TPSA) is 38.7 Å². The molecule has 0 amide bonds. The molecule has 0 radical (unpaired) electrons. The fourth-order valence-electron chi connectivity index (χ4n) is 1.42. The number of nitrogens with zero attached hydrogens (tertiary/aromatic N) is 1. The summed E-state index contributed by atoms with van der Waals surface area (Å²) >= 11 is 0. The minimum atomic E-state index is -0.462. The summed E-state index contributed by atoms with van der Waals surface area (Å²) in [4.78, 5) is 15.4.